The highest BCUT2D eigenvalue weighted by Gasteiger charge is 1.96. The quantitative estimate of drug-likeness (QED) is 0.854. The number of benzene rings is 1. The second-order valence-corrected chi connectivity index (χ2v) is 5.04. The lowest BCUT2D eigenvalue weighted by Crippen LogP contribution is -1.90. The minimum absolute atomic E-state index is 0.971. The molecule has 0 bridgehead atoms. The molecule has 0 spiro atoms. The number of rotatable bonds is 3. The van der Waals surface area contributed by atoms with Gasteiger partial charge in [-0.1, -0.05) is 0 Å². The third kappa shape index (κ3) is 3.00. The number of nitrogens with zero attached hydrogens (tertiary/aromatic N) is 1. The van der Waals surface area contributed by atoms with Crippen LogP contribution in [0.2, 0.25) is 0 Å². The van der Waals surface area contributed by atoms with E-state index in [1.165, 1.54) is 4.90 Å². The van der Waals surface area contributed by atoms with Crippen molar-refractivity contribution in [2.45, 2.75) is 4.90 Å². The van der Waals surface area contributed by atoms with Gasteiger partial charge in [0, 0.05) is 21.3 Å². The second kappa shape index (κ2) is 5.37. The summed E-state index contributed by atoms with van der Waals surface area (Å²) in [5, 5.41) is 3.29. The molecule has 82 valence electrons. The Morgan fingerprint density at radius 1 is 1.12 bits per heavy atom. The van der Waals surface area contributed by atoms with Crippen LogP contribution in [0.25, 0.3) is 0 Å². The average molecular weight is 295 g/mol. The summed E-state index contributed by atoms with van der Waals surface area (Å²) < 4.78 is 0.971. The van der Waals surface area contributed by atoms with E-state index in [0.717, 1.165) is 15.8 Å². The molecule has 0 unspecified atom stereocenters. The molecule has 1 aromatic heterocycles. The number of anilines is 2. The van der Waals surface area contributed by atoms with Gasteiger partial charge in [-0.3, -0.25) is 4.98 Å². The smallest absolute Gasteiger partial charge is 0.0582 e. The van der Waals surface area contributed by atoms with Crippen LogP contribution in [0.15, 0.2) is 52.1 Å². The van der Waals surface area contributed by atoms with E-state index in [0.29, 0.717) is 0 Å². The van der Waals surface area contributed by atoms with Crippen molar-refractivity contribution in [3.8, 4) is 0 Å². The van der Waals surface area contributed by atoms with Crippen molar-refractivity contribution in [1.29, 1.82) is 0 Å². The van der Waals surface area contributed by atoms with Crippen LogP contribution in [0, 0.1) is 0 Å². The fourth-order valence-electron chi connectivity index (χ4n) is 1.32. The van der Waals surface area contributed by atoms with Crippen molar-refractivity contribution < 1.29 is 0 Å². The summed E-state index contributed by atoms with van der Waals surface area (Å²) in [7, 11) is 0. The highest BCUT2D eigenvalue weighted by molar-refractivity contribution is 9.10. The van der Waals surface area contributed by atoms with Gasteiger partial charge in [-0.25, -0.2) is 0 Å². The fraction of sp³-hybridized carbons (Fsp3) is 0.0833. The predicted octanol–water partition coefficient (Wildman–Crippen LogP) is 4.31. The minimum atomic E-state index is 0.971. The van der Waals surface area contributed by atoms with E-state index >= 15 is 0 Å². The summed E-state index contributed by atoms with van der Waals surface area (Å²) >= 11 is 5.13. The molecule has 16 heavy (non-hydrogen) atoms. The van der Waals surface area contributed by atoms with E-state index in [1.807, 2.05) is 6.07 Å². The van der Waals surface area contributed by atoms with Gasteiger partial charge in [0.15, 0.2) is 0 Å². The molecule has 2 aromatic rings. The first kappa shape index (κ1) is 11.5. The molecule has 0 atom stereocenters. The van der Waals surface area contributed by atoms with Crippen LogP contribution >= 0.6 is 27.7 Å². The standard InChI is InChI=1S/C12H11BrN2S/c1-16-12-4-2-10(3-5-12)15-11-6-9(13)7-14-8-11/h2-8,15H,1H3. The summed E-state index contributed by atoms with van der Waals surface area (Å²) in [6.07, 6.45) is 5.63. The first-order valence-electron chi connectivity index (χ1n) is 4.79. The summed E-state index contributed by atoms with van der Waals surface area (Å²) in [6, 6.07) is 10.3. The number of pyridine rings is 1. The van der Waals surface area contributed by atoms with Gasteiger partial charge in [0.2, 0.25) is 0 Å². The first-order valence-corrected chi connectivity index (χ1v) is 6.81. The number of nitrogens with one attached hydrogen (secondary N) is 1. The van der Waals surface area contributed by atoms with Crippen LogP contribution < -0.4 is 5.32 Å². The number of thioether (sulfide) groups is 1. The molecule has 1 aromatic carbocycles. The van der Waals surface area contributed by atoms with Gasteiger partial charge in [0.1, 0.15) is 0 Å². The van der Waals surface area contributed by atoms with Crippen molar-refractivity contribution in [1.82, 2.24) is 4.98 Å². The number of hydrogen-bond acceptors (Lipinski definition) is 3. The highest BCUT2D eigenvalue weighted by Crippen LogP contribution is 2.21. The number of hydrogen-bond donors (Lipinski definition) is 1. The van der Waals surface area contributed by atoms with Crippen LogP contribution in [0.4, 0.5) is 11.4 Å². The van der Waals surface area contributed by atoms with E-state index < -0.39 is 0 Å². The van der Waals surface area contributed by atoms with Crippen LogP contribution in [0.3, 0.4) is 0 Å². The van der Waals surface area contributed by atoms with Gasteiger partial charge in [0.05, 0.1) is 11.9 Å². The fourth-order valence-corrected chi connectivity index (χ4v) is 2.09. The highest BCUT2D eigenvalue weighted by atomic mass is 79.9. The second-order valence-electron chi connectivity index (χ2n) is 3.25. The van der Waals surface area contributed by atoms with Crippen LogP contribution in [0.5, 0.6) is 0 Å². The molecule has 0 aliphatic heterocycles. The molecule has 0 aliphatic rings. The minimum Gasteiger partial charge on any atom is -0.354 e. The maximum atomic E-state index is 4.10. The molecule has 0 saturated heterocycles. The van der Waals surface area contributed by atoms with Crippen LogP contribution in [-0.2, 0) is 0 Å². The van der Waals surface area contributed by atoms with E-state index in [2.05, 4.69) is 56.8 Å². The lowest BCUT2D eigenvalue weighted by molar-refractivity contribution is 1.30. The third-order valence-electron chi connectivity index (χ3n) is 2.08. The Kier molecular flexibility index (Phi) is 3.85. The maximum Gasteiger partial charge on any atom is 0.0582 e. The molecule has 0 amide bonds. The van der Waals surface area contributed by atoms with Crippen LogP contribution in [0.1, 0.15) is 0 Å². The zero-order chi connectivity index (χ0) is 11.4. The molecule has 0 aliphatic carbocycles. The topological polar surface area (TPSA) is 24.9 Å². The average Bonchev–Trinajstić information content (AvgIpc) is 2.30. The number of aromatic nitrogens is 1. The summed E-state index contributed by atoms with van der Waals surface area (Å²) in [6.45, 7) is 0. The molecular weight excluding hydrogens is 284 g/mol. The molecule has 2 nitrogen and oxygen atoms in total. The lowest BCUT2D eigenvalue weighted by atomic mass is 10.3. The van der Waals surface area contributed by atoms with Crippen molar-refractivity contribution in [2.24, 2.45) is 0 Å². The van der Waals surface area contributed by atoms with Crippen molar-refractivity contribution in [3.63, 3.8) is 0 Å². The van der Waals surface area contributed by atoms with Gasteiger partial charge in [0.25, 0.3) is 0 Å². The third-order valence-corrected chi connectivity index (χ3v) is 3.26. The van der Waals surface area contributed by atoms with Crippen molar-refractivity contribution in [3.05, 3.63) is 47.2 Å². The molecule has 0 saturated carbocycles. The van der Waals surface area contributed by atoms with Gasteiger partial charge in [-0.05, 0) is 52.5 Å². The largest absolute Gasteiger partial charge is 0.354 e. The Morgan fingerprint density at radius 2 is 1.88 bits per heavy atom. The zero-order valence-corrected chi connectivity index (χ0v) is 11.2. The van der Waals surface area contributed by atoms with Gasteiger partial charge >= 0.3 is 0 Å². The van der Waals surface area contributed by atoms with E-state index in [9.17, 15) is 0 Å². The van der Waals surface area contributed by atoms with E-state index in [4.69, 9.17) is 0 Å². The summed E-state index contributed by atoms with van der Waals surface area (Å²) in [4.78, 5) is 5.36. The van der Waals surface area contributed by atoms with Crippen molar-refractivity contribution >= 4 is 39.1 Å². The molecule has 0 radical (unpaired) electrons. The Hall–Kier alpha value is -1.00. The van der Waals surface area contributed by atoms with Crippen molar-refractivity contribution in [2.75, 3.05) is 11.6 Å². The van der Waals surface area contributed by atoms with Crippen LogP contribution in [-0.4, -0.2) is 11.2 Å². The van der Waals surface area contributed by atoms with E-state index in [1.54, 1.807) is 24.2 Å². The zero-order valence-electron chi connectivity index (χ0n) is 8.77. The number of halogens is 1. The maximum absolute atomic E-state index is 4.10. The molecule has 4 heteroatoms. The molecule has 2 rings (SSSR count). The Balaban J connectivity index is 2.14. The Bertz CT molecular complexity index is 471. The van der Waals surface area contributed by atoms with Gasteiger partial charge in [-0.2, -0.15) is 0 Å². The molecule has 1 N–H and O–H groups in total. The normalized spacial score (nSPS) is 10.1. The van der Waals surface area contributed by atoms with E-state index in [-0.39, 0.29) is 0 Å². The molecule has 1 heterocycles. The van der Waals surface area contributed by atoms with Gasteiger partial charge < -0.3 is 5.32 Å². The first-order chi connectivity index (χ1) is 7.78. The Labute approximate surface area is 108 Å². The summed E-state index contributed by atoms with van der Waals surface area (Å²) in [5.41, 5.74) is 2.05. The predicted molar refractivity (Wildman–Crippen MR) is 73.4 cm³/mol. The Morgan fingerprint density at radius 3 is 2.50 bits per heavy atom. The lowest BCUT2D eigenvalue weighted by Gasteiger charge is -2.06. The summed E-state index contributed by atoms with van der Waals surface area (Å²) in [5.74, 6) is 0. The molecular formula is C12H11BrN2S. The molecule has 0 fully saturated rings. The monoisotopic (exact) mass is 294 g/mol. The SMILES string of the molecule is CSc1ccc(Nc2cncc(Br)c2)cc1. The van der Waals surface area contributed by atoms with Gasteiger partial charge in [-0.15, -0.1) is 11.8 Å².